The lowest BCUT2D eigenvalue weighted by Crippen LogP contribution is -2.30. The highest BCUT2D eigenvalue weighted by Gasteiger charge is 2.20. The molecule has 0 aromatic heterocycles. The smallest absolute Gasteiger partial charge is 0.276 e. The molecule has 1 N–H and O–H groups in total. The quantitative estimate of drug-likeness (QED) is 0.447. The summed E-state index contributed by atoms with van der Waals surface area (Å²) < 4.78 is 11.4. The van der Waals surface area contributed by atoms with E-state index in [0.717, 1.165) is 12.0 Å². The van der Waals surface area contributed by atoms with Gasteiger partial charge in [-0.25, -0.2) is 0 Å². The van der Waals surface area contributed by atoms with Crippen LogP contribution in [0, 0.1) is 16.0 Å². The van der Waals surface area contributed by atoms with E-state index in [1.165, 1.54) is 18.2 Å². The molecule has 1 aliphatic heterocycles. The Morgan fingerprint density at radius 3 is 2.59 bits per heavy atom. The Labute approximate surface area is 169 Å². The van der Waals surface area contributed by atoms with Gasteiger partial charge in [0.1, 0.15) is 0 Å². The van der Waals surface area contributed by atoms with Crippen LogP contribution in [0.4, 0.5) is 5.69 Å². The van der Waals surface area contributed by atoms with E-state index in [9.17, 15) is 14.9 Å². The average Bonchev–Trinajstić information content (AvgIpc) is 2.95. The van der Waals surface area contributed by atoms with E-state index in [1.54, 1.807) is 18.2 Å². The summed E-state index contributed by atoms with van der Waals surface area (Å²) >= 11 is 0. The summed E-state index contributed by atoms with van der Waals surface area (Å²) in [6, 6.07) is 11.7. The van der Waals surface area contributed by atoms with Crippen LogP contribution in [-0.4, -0.2) is 24.0 Å². The van der Waals surface area contributed by atoms with Crippen molar-refractivity contribution in [2.45, 2.75) is 26.3 Å². The molecule has 0 saturated carbocycles. The zero-order valence-electron chi connectivity index (χ0n) is 16.5. The van der Waals surface area contributed by atoms with Crippen molar-refractivity contribution in [3.8, 4) is 11.5 Å². The zero-order chi connectivity index (χ0) is 20.8. The molecule has 2 aromatic carbocycles. The van der Waals surface area contributed by atoms with Crippen molar-refractivity contribution >= 4 is 17.7 Å². The van der Waals surface area contributed by atoms with Crippen molar-refractivity contribution in [3.05, 3.63) is 69.8 Å². The molecule has 1 heterocycles. The monoisotopic (exact) mass is 396 g/mol. The van der Waals surface area contributed by atoms with Gasteiger partial charge in [0.25, 0.3) is 5.69 Å². The van der Waals surface area contributed by atoms with E-state index in [1.807, 2.05) is 32.0 Å². The van der Waals surface area contributed by atoms with Crippen LogP contribution >= 0.6 is 0 Å². The number of benzene rings is 2. The molecule has 0 saturated heterocycles. The molecule has 29 heavy (non-hydrogen) atoms. The maximum atomic E-state index is 12.5. The molecule has 0 spiro atoms. The maximum absolute atomic E-state index is 12.5. The first-order valence-corrected chi connectivity index (χ1v) is 9.57. The van der Waals surface area contributed by atoms with Crippen LogP contribution < -0.4 is 14.8 Å². The number of nitro groups is 1. The number of carbonyl (C=O) groups excluding carboxylic acids is 1. The van der Waals surface area contributed by atoms with E-state index < -0.39 is 4.92 Å². The first-order valence-electron chi connectivity index (χ1n) is 9.57. The van der Waals surface area contributed by atoms with Gasteiger partial charge in [0.2, 0.25) is 5.91 Å². The van der Waals surface area contributed by atoms with Gasteiger partial charge in [0.15, 0.2) is 11.5 Å². The Balaban J connectivity index is 1.77. The van der Waals surface area contributed by atoms with Gasteiger partial charge in [-0.1, -0.05) is 32.0 Å². The lowest BCUT2D eigenvalue weighted by atomic mass is 9.95. The lowest BCUT2D eigenvalue weighted by molar-refractivity contribution is -0.385. The molecule has 0 radical (unpaired) electrons. The van der Waals surface area contributed by atoms with Gasteiger partial charge in [-0.05, 0) is 35.8 Å². The molecule has 1 unspecified atom stereocenters. The van der Waals surface area contributed by atoms with Crippen LogP contribution in [0.1, 0.15) is 37.4 Å². The second-order valence-corrected chi connectivity index (χ2v) is 7.14. The minimum absolute atomic E-state index is 0.0418. The highest BCUT2D eigenvalue weighted by atomic mass is 16.6. The Bertz CT molecular complexity index is 923. The third-order valence-corrected chi connectivity index (χ3v) is 4.64. The summed E-state index contributed by atoms with van der Waals surface area (Å²) in [5, 5.41) is 14.1. The standard InChI is InChI=1S/C22H24N2O5/c1-15(2)22(17-8-10-19-20(14-17)29-13-5-12-28-19)23-21(25)11-9-16-6-3-4-7-18(16)24(26)27/h3-4,6-11,14-15,22H,5,12-13H2,1-2H3,(H,23,25)/b11-9+. The van der Waals surface area contributed by atoms with Crippen molar-refractivity contribution < 1.29 is 19.2 Å². The number of nitro benzene ring substituents is 1. The van der Waals surface area contributed by atoms with Gasteiger partial charge >= 0.3 is 0 Å². The fourth-order valence-electron chi connectivity index (χ4n) is 3.17. The average molecular weight is 396 g/mol. The van der Waals surface area contributed by atoms with Crippen LogP contribution in [0.15, 0.2) is 48.5 Å². The fourth-order valence-corrected chi connectivity index (χ4v) is 3.17. The third-order valence-electron chi connectivity index (χ3n) is 4.64. The summed E-state index contributed by atoms with van der Waals surface area (Å²) in [6.45, 7) is 5.24. The number of para-hydroxylation sites is 1. The van der Waals surface area contributed by atoms with Crippen molar-refractivity contribution in [2.24, 2.45) is 5.92 Å². The number of ether oxygens (including phenoxy) is 2. The number of rotatable bonds is 6. The Kier molecular flexibility index (Phi) is 6.49. The number of nitrogens with one attached hydrogen (secondary N) is 1. The Morgan fingerprint density at radius 1 is 1.14 bits per heavy atom. The normalized spacial score (nSPS) is 14.4. The number of hydrogen-bond acceptors (Lipinski definition) is 5. The lowest BCUT2D eigenvalue weighted by Gasteiger charge is -2.23. The van der Waals surface area contributed by atoms with Crippen LogP contribution in [0.2, 0.25) is 0 Å². The van der Waals surface area contributed by atoms with E-state index >= 15 is 0 Å². The predicted octanol–water partition coefficient (Wildman–Crippen LogP) is 4.28. The van der Waals surface area contributed by atoms with Crippen molar-refractivity contribution in [1.29, 1.82) is 0 Å². The topological polar surface area (TPSA) is 90.7 Å². The van der Waals surface area contributed by atoms with Crippen molar-refractivity contribution in [3.63, 3.8) is 0 Å². The largest absolute Gasteiger partial charge is 0.490 e. The number of carbonyl (C=O) groups is 1. The molecule has 2 aromatic rings. The fraction of sp³-hybridized carbons (Fsp3) is 0.318. The van der Waals surface area contributed by atoms with Crippen LogP contribution in [0.5, 0.6) is 11.5 Å². The molecule has 1 amide bonds. The summed E-state index contributed by atoms with van der Waals surface area (Å²) in [7, 11) is 0. The highest BCUT2D eigenvalue weighted by Crippen LogP contribution is 2.34. The summed E-state index contributed by atoms with van der Waals surface area (Å²) in [4.78, 5) is 23.1. The molecular weight excluding hydrogens is 372 g/mol. The van der Waals surface area contributed by atoms with E-state index in [0.29, 0.717) is 30.3 Å². The molecule has 152 valence electrons. The number of nitrogens with zero attached hydrogens (tertiary/aromatic N) is 1. The molecule has 0 fully saturated rings. The zero-order valence-corrected chi connectivity index (χ0v) is 16.5. The summed E-state index contributed by atoms with van der Waals surface area (Å²) in [6.07, 6.45) is 3.60. The van der Waals surface area contributed by atoms with Gasteiger partial charge < -0.3 is 14.8 Å². The molecular formula is C22H24N2O5. The molecule has 1 aliphatic rings. The minimum atomic E-state index is -0.466. The minimum Gasteiger partial charge on any atom is -0.490 e. The van der Waals surface area contributed by atoms with Gasteiger partial charge in [0, 0.05) is 18.6 Å². The molecule has 7 heteroatoms. The van der Waals surface area contributed by atoms with Crippen molar-refractivity contribution in [1.82, 2.24) is 5.32 Å². The maximum Gasteiger partial charge on any atom is 0.276 e. The number of amides is 1. The summed E-state index contributed by atoms with van der Waals surface area (Å²) in [5.41, 5.74) is 1.25. The van der Waals surface area contributed by atoms with Gasteiger partial charge in [-0.2, -0.15) is 0 Å². The molecule has 7 nitrogen and oxygen atoms in total. The van der Waals surface area contributed by atoms with Gasteiger partial charge in [-0.3, -0.25) is 14.9 Å². The van der Waals surface area contributed by atoms with E-state index in [2.05, 4.69) is 5.32 Å². The Morgan fingerprint density at radius 2 is 1.86 bits per heavy atom. The number of fused-ring (bicyclic) bond motifs is 1. The predicted molar refractivity (Wildman–Crippen MR) is 110 cm³/mol. The molecule has 1 atom stereocenters. The van der Waals surface area contributed by atoms with E-state index in [4.69, 9.17) is 9.47 Å². The third kappa shape index (κ3) is 5.13. The number of hydrogen-bond donors (Lipinski definition) is 1. The highest BCUT2D eigenvalue weighted by molar-refractivity contribution is 5.92. The van der Waals surface area contributed by atoms with Crippen molar-refractivity contribution in [2.75, 3.05) is 13.2 Å². The van der Waals surface area contributed by atoms with Gasteiger partial charge in [0.05, 0.1) is 29.7 Å². The molecule has 3 rings (SSSR count). The first kappa shape index (κ1) is 20.4. The van der Waals surface area contributed by atoms with Crippen LogP contribution in [0.3, 0.4) is 0 Å². The molecule has 0 aliphatic carbocycles. The second kappa shape index (κ2) is 9.23. The molecule has 0 bridgehead atoms. The second-order valence-electron chi connectivity index (χ2n) is 7.14. The Hall–Kier alpha value is -3.35. The van der Waals surface area contributed by atoms with Gasteiger partial charge in [-0.15, -0.1) is 0 Å². The first-order chi connectivity index (χ1) is 14.0. The van der Waals surface area contributed by atoms with E-state index in [-0.39, 0.29) is 23.6 Å². The SMILES string of the molecule is CC(C)C(NC(=O)/C=C/c1ccccc1[N+](=O)[O-])c1ccc2c(c1)OCCCO2. The van der Waals surface area contributed by atoms with Crippen LogP contribution in [0.25, 0.3) is 6.08 Å². The summed E-state index contributed by atoms with van der Waals surface area (Å²) in [5.74, 6) is 1.18. The van der Waals surface area contributed by atoms with Crippen LogP contribution in [-0.2, 0) is 4.79 Å².